The molecule has 1 fully saturated rings. The molecule has 0 aromatic heterocycles. The molecular formula is C15H24N2O. The van der Waals surface area contributed by atoms with Crippen molar-refractivity contribution in [1.82, 2.24) is 4.90 Å². The van der Waals surface area contributed by atoms with Gasteiger partial charge in [0.1, 0.15) is 5.75 Å². The molecule has 18 heavy (non-hydrogen) atoms. The van der Waals surface area contributed by atoms with Crippen LogP contribution in [0, 0.1) is 0 Å². The Kier molecular flexibility index (Phi) is 3.93. The number of phenolic OH excluding ortho intramolecular Hbond substituents is 1. The summed E-state index contributed by atoms with van der Waals surface area (Å²) < 4.78 is 0. The predicted molar refractivity (Wildman–Crippen MR) is 74.7 cm³/mol. The van der Waals surface area contributed by atoms with Gasteiger partial charge in [-0.1, -0.05) is 12.1 Å². The first-order valence-corrected chi connectivity index (χ1v) is 6.78. The summed E-state index contributed by atoms with van der Waals surface area (Å²) in [6.07, 6.45) is 3.43. The van der Waals surface area contributed by atoms with Crippen molar-refractivity contribution in [3.63, 3.8) is 0 Å². The van der Waals surface area contributed by atoms with Crippen LogP contribution in [-0.4, -0.2) is 34.7 Å². The normalized spacial score (nSPS) is 19.1. The van der Waals surface area contributed by atoms with Crippen molar-refractivity contribution in [2.45, 2.75) is 44.7 Å². The minimum absolute atomic E-state index is 0.0361. The van der Waals surface area contributed by atoms with E-state index in [2.05, 4.69) is 18.7 Å². The van der Waals surface area contributed by atoms with Crippen LogP contribution in [0.5, 0.6) is 5.75 Å². The molecule has 1 atom stereocenters. The second kappa shape index (κ2) is 5.29. The Morgan fingerprint density at radius 1 is 1.22 bits per heavy atom. The van der Waals surface area contributed by atoms with Crippen molar-refractivity contribution in [3.8, 4) is 5.75 Å². The van der Waals surface area contributed by atoms with Gasteiger partial charge in [-0.25, -0.2) is 0 Å². The van der Waals surface area contributed by atoms with E-state index in [9.17, 15) is 5.11 Å². The van der Waals surface area contributed by atoms with Gasteiger partial charge < -0.3 is 10.8 Å². The third-order valence-corrected chi connectivity index (χ3v) is 4.22. The van der Waals surface area contributed by atoms with E-state index in [0.717, 1.165) is 19.5 Å². The van der Waals surface area contributed by atoms with Gasteiger partial charge in [-0.2, -0.15) is 0 Å². The summed E-state index contributed by atoms with van der Waals surface area (Å²) in [4.78, 5) is 2.50. The van der Waals surface area contributed by atoms with Gasteiger partial charge in [0.25, 0.3) is 0 Å². The predicted octanol–water partition coefficient (Wildman–Crippen LogP) is 2.14. The summed E-state index contributed by atoms with van der Waals surface area (Å²) >= 11 is 0. The van der Waals surface area contributed by atoms with Gasteiger partial charge in [0.2, 0.25) is 0 Å². The molecular weight excluding hydrogens is 224 g/mol. The number of phenols is 1. The molecule has 1 aromatic rings. The highest BCUT2D eigenvalue weighted by molar-refractivity contribution is 5.26. The van der Waals surface area contributed by atoms with E-state index in [-0.39, 0.29) is 11.6 Å². The van der Waals surface area contributed by atoms with Gasteiger partial charge in [-0.3, -0.25) is 4.90 Å². The Morgan fingerprint density at radius 2 is 1.78 bits per heavy atom. The molecule has 1 heterocycles. The Hall–Kier alpha value is -1.06. The van der Waals surface area contributed by atoms with E-state index in [1.807, 2.05) is 12.1 Å². The second-order valence-electron chi connectivity index (χ2n) is 5.82. The van der Waals surface area contributed by atoms with Crippen LogP contribution in [0.15, 0.2) is 24.3 Å². The molecule has 0 bridgehead atoms. The van der Waals surface area contributed by atoms with Gasteiger partial charge in [0, 0.05) is 11.6 Å². The van der Waals surface area contributed by atoms with Crippen molar-refractivity contribution in [2.75, 3.05) is 13.1 Å². The molecule has 2 rings (SSSR count). The zero-order valence-electron chi connectivity index (χ0n) is 11.4. The van der Waals surface area contributed by atoms with Crippen molar-refractivity contribution in [3.05, 3.63) is 29.8 Å². The number of hydrogen-bond donors (Lipinski definition) is 2. The first kappa shape index (κ1) is 13.4. The lowest BCUT2D eigenvalue weighted by Gasteiger charge is -2.40. The number of nitrogens with zero attached hydrogens (tertiary/aromatic N) is 1. The highest BCUT2D eigenvalue weighted by Gasteiger charge is 2.34. The Balaban J connectivity index is 2.01. The van der Waals surface area contributed by atoms with Crippen molar-refractivity contribution >= 4 is 0 Å². The molecule has 3 nitrogen and oxygen atoms in total. The third kappa shape index (κ3) is 2.85. The lowest BCUT2D eigenvalue weighted by atomic mass is 9.88. The number of hydrogen-bond acceptors (Lipinski definition) is 3. The zero-order chi connectivity index (χ0) is 13.2. The average molecular weight is 248 g/mol. The van der Waals surface area contributed by atoms with E-state index in [1.54, 1.807) is 12.1 Å². The van der Waals surface area contributed by atoms with Crippen molar-refractivity contribution in [1.29, 1.82) is 0 Å². The molecule has 0 amide bonds. The van der Waals surface area contributed by atoms with Crippen LogP contribution in [0.4, 0.5) is 0 Å². The summed E-state index contributed by atoms with van der Waals surface area (Å²) in [5, 5.41) is 9.28. The molecule has 100 valence electrons. The summed E-state index contributed by atoms with van der Waals surface area (Å²) in [7, 11) is 0. The summed E-state index contributed by atoms with van der Waals surface area (Å²) in [6.45, 7) is 6.80. The quantitative estimate of drug-likeness (QED) is 0.858. The van der Waals surface area contributed by atoms with Crippen LogP contribution in [0.3, 0.4) is 0 Å². The van der Waals surface area contributed by atoms with Gasteiger partial charge >= 0.3 is 0 Å². The number of aromatic hydroxyl groups is 1. The fourth-order valence-electron chi connectivity index (χ4n) is 2.66. The highest BCUT2D eigenvalue weighted by atomic mass is 16.3. The lowest BCUT2D eigenvalue weighted by Crippen LogP contribution is -2.55. The maximum Gasteiger partial charge on any atom is 0.115 e. The van der Waals surface area contributed by atoms with Crippen LogP contribution in [0.25, 0.3) is 0 Å². The van der Waals surface area contributed by atoms with Crippen LogP contribution in [0.1, 0.15) is 32.3 Å². The molecule has 0 radical (unpaired) electrons. The minimum Gasteiger partial charge on any atom is -0.508 e. The molecule has 0 spiro atoms. The van der Waals surface area contributed by atoms with Crippen molar-refractivity contribution in [2.24, 2.45) is 5.73 Å². The number of rotatable bonds is 4. The third-order valence-electron chi connectivity index (χ3n) is 4.22. The molecule has 3 heteroatoms. The van der Waals surface area contributed by atoms with Crippen molar-refractivity contribution < 1.29 is 5.11 Å². The summed E-state index contributed by atoms with van der Waals surface area (Å²) in [5.41, 5.74) is 7.62. The Labute approximate surface area is 110 Å². The monoisotopic (exact) mass is 248 g/mol. The smallest absolute Gasteiger partial charge is 0.115 e. The first-order chi connectivity index (χ1) is 8.50. The van der Waals surface area contributed by atoms with E-state index >= 15 is 0 Å². The molecule has 1 aliphatic rings. The maximum atomic E-state index is 9.28. The largest absolute Gasteiger partial charge is 0.508 e. The molecule has 1 aliphatic heterocycles. The molecule has 3 N–H and O–H groups in total. The highest BCUT2D eigenvalue weighted by Crippen LogP contribution is 2.25. The van der Waals surface area contributed by atoms with Crippen LogP contribution < -0.4 is 5.73 Å². The van der Waals surface area contributed by atoms with E-state index in [1.165, 1.54) is 18.4 Å². The average Bonchev–Trinajstić information content (AvgIpc) is 2.86. The van der Waals surface area contributed by atoms with Gasteiger partial charge in [-0.15, -0.1) is 0 Å². The minimum atomic E-state index is 0.0361. The van der Waals surface area contributed by atoms with Crippen LogP contribution >= 0.6 is 0 Å². The second-order valence-corrected chi connectivity index (χ2v) is 5.82. The standard InChI is InChI=1S/C15H24N2O/c1-15(2,17-9-3-4-10-17)14(16)11-12-5-7-13(18)8-6-12/h5-8,14,18H,3-4,9-11,16H2,1-2H3. The Morgan fingerprint density at radius 3 is 2.33 bits per heavy atom. The fraction of sp³-hybridized carbons (Fsp3) is 0.600. The van der Waals surface area contributed by atoms with Gasteiger partial charge in [0.05, 0.1) is 0 Å². The number of nitrogens with two attached hydrogens (primary N) is 1. The molecule has 1 aromatic carbocycles. The van der Waals surface area contributed by atoms with E-state index in [0.29, 0.717) is 5.75 Å². The first-order valence-electron chi connectivity index (χ1n) is 6.78. The summed E-state index contributed by atoms with van der Waals surface area (Å²) in [6, 6.07) is 7.47. The Bertz CT molecular complexity index is 380. The van der Waals surface area contributed by atoms with E-state index < -0.39 is 0 Å². The topological polar surface area (TPSA) is 49.5 Å². The zero-order valence-corrected chi connectivity index (χ0v) is 11.4. The molecule has 0 aliphatic carbocycles. The molecule has 1 unspecified atom stereocenters. The number of likely N-dealkylation sites (tertiary alicyclic amines) is 1. The van der Waals surface area contributed by atoms with Gasteiger partial charge in [-0.05, 0) is 63.9 Å². The summed E-state index contributed by atoms with van der Waals surface area (Å²) in [5.74, 6) is 0.311. The SMILES string of the molecule is CC(C)(C(N)Cc1ccc(O)cc1)N1CCCC1. The van der Waals surface area contributed by atoms with Crippen LogP contribution in [-0.2, 0) is 6.42 Å². The van der Waals surface area contributed by atoms with Crippen LogP contribution in [0.2, 0.25) is 0 Å². The maximum absolute atomic E-state index is 9.28. The fourth-order valence-corrected chi connectivity index (χ4v) is 2.66. The van der Waals surface area contributed by atoms with Gasteiger partial charge in [0.15, 0.2) is 0 Å². The number of benzene rings is 1. The molecule has 1 saturated heterocycles. The van der Waals surface area contributed by atoms with E-state index in [4.69, 9.17) is 5.73 Å². The lowest BCUT2D eigenvalue weighted by molar-refractivity contribution is 0.123. The molecule has 0 saturated carbocycles.